The van der Waals surface area contributed by atoms with Crippen molar-refractivity contribution in [2.24, 2.45) is 0 Å². The first-order valence-corrected chi connectivity index (χ1v) is 8.53. The van der Waals surface area contributed by atoms with E-state index in [-0.39, 0.29) is 11.5 Å². The lowest BCUT2D eigenvalue weighted by molar-refractivity contribution is 0.0696. The highest BCUT2D eigenvalue weighted by atomic mass is 16.4. The first-order chi connectivity index (χ1) is 12.5. The van der Waals surface area contributed by atoms with Crippen LogP contribution < -0.4 is 10.2 Å². The molecule has 7 heteroatoms. The Labute approximate surface area is 152 Å². The summed E-state index contributed by atoms with van der Waals surface area (Å²) in [6.07, 6.45) is 1.66. The number of amides is 1. The summed E-state index contributed by atoms with van der Waals surface area (Å²) in [7, 11) is 2.09. The number of aromatic nitrogens is 1. The zero-order chi connectivity index (χ0) is 18.5. The summed E-state index contributed by atoms with van der Waals surface area (Å²) in [6.45, 7) is 4.08. The van der Waals surface area contributed by atoms with E-state index in [1.807, 2.05) is 6.07 Å². The van der Waals surface area contributed by atoms with Crippen molar-refractivity contribution in [3.63, 3.8) is 0 Å². The fourth-order valence-electron chi connectivity index (χ4n) is 2.82. The molecule has 0 aliphatic carbocycles. The first-order valence-electron chi connectivity index (χ1n) is 8.53. The molecule has 1 aromatic carbocycles. The predicted octanol–water partition coefficient (Wildman–Crippen LogP) is 1.46. The SMILES string of the molecule is CN1CCN(c2cc(C(=O)NCc3ccc(C(=O)O)cc3)ccn2)CC1. The van der Waals surface area contributed by atoms with Gasteiger partial charge in [-0.3, -0.25) is 4.79 Å². The Balaban J connectivity index is 1.61. The van der Waals surface area contributed by atoms with Gasteiger partial charge < -0.3 is 20.2 Å². The van der Waals surface area contributed by atoms with Crippen molar-refractivity contribution in [1.29, 1.82) is 0 Å². The monoisotopic (exact) mass is 354 g/mol. The number of carboxylic acids is 1. The number of rotatable bonds is 5. The number of piperazine rings is 1. The number of nitrogens with zero attached hydrogens (tertiary/aromatic N) is 3. The third kappa shape index (κ3) is 4.37. The molecule has 2 heterocycles. The number of carboxylic acid groups (broad SMARTS) is 1. The van der Waals surface area contributed by atoms with Crippen LogP contribution in [0.15, 0.2) is 42.6 Å². The van der Waals surface area contributed by atoms with Crippen LogP contribution in [0.5, 0.6) is 0 Å². The van der Waals surface area contributed by atoms with Crippen LogP contribution in [-0.2, 0) is 6.54 Å². The summed E-state index contributed by atoms with van der Waals surface area (Å²) in [5.74, 6) is -0.324. The Bertz CT molecular complexity index is 784. The van der Waals surface area contributed by atoms with Gasteiger partial charge in [0.25, 0.3) is 5.91 Å². The maximum absolute atomic E-state index is 12.4. The Morgan fingerprint density at radius 3 is 2.42 bits per heavy atom. The van der Waals surface area contributed by atoms with Gasteiger partial charge in [-0.05, 0) is 36.9 Å². The van der Waals surface area contributed by atoms with Gasteiger partial charge in [0.15, 0.2) is 0 Å². The number of pyridine rings is 1. The third-order valence-electron chi connectivity index (χ3n) is 4.49. The lowest BCUT2D eigenvalue weighted by Crippen LogP contribution is -2.44. The largest absolute Gasteiger partial charge is 0.478 e. The van der Waals surface area contributed by atoms with Crippen molar-refractivity contribution in [3.05, 3.63) is 59.3 Å². The molecule has 26 heavy (non-hydrogen) atoms. The van der Waals surface area contributed by atoms with E-state index in [9.17, 15) is 9.59 Å². The Kier molecular flexibility index (Phi) is 5.48. The maximum atomic E-state index is 12.4. The van der Waals surface area contributed by atoms with E-state index in [4.69, 9.17) is 5.11 Å². The number of aromatic carboxylic acids is 1. The highest BCUT2D eigenvalue weighted by Crippen LogP contribution is 2.15. The van der Waals surface area contributed by atoms with Crippen LogP contribution in [0.2, 0.25) is 0 Å². The fourth-order valence-corrected chi connectivity index (χ4v) is 2.82. The smallest absolute Gasteiger partial charge is 0.335 e. The average Bonchev–Trinajstić information content (AvgIpc) is 2.67. The van der Waals surface area contributed by atoms with Crippen LogP contribution in [0, 0.1) is 0 Å². The van der Waals surface area contributed by atoms with Gasteiger partial charge in [0.1, 0.15) is 5.82 Å². The van der Waals surface area contributed by atoms with E-state index in [2.05, 4.69) is 27.1 Å². The number of likely N-dealkylation sites (N-methyl/N-ethyl adjacent to an activating group) is 1. The highest BCUT2D eigenvalue weighted by molar-refractivity contribution is 5.94. The molecule has 2 aromatic rings. The molecule has 0 saturated carbocycles. The number of anilines is 1. The first kappa shape index (κ1) is 17.9. The summed E-state index contributed by atoms with van der Waals surface area (Å²) in [5, 5.41) is 11.8. The molecule has 1 amide bonds. The molecule has 0 bridgehead atoms. The number of carbonyl (C=O) groups is 2. The van der Waals surface area contributed by atoms with Gasteiger partial charge in [0.2, 0.25) is 0 Å². The topological polar surface area (TPSA) is 85.8 Å². The molecule has 0 spiro atoms. The van der Waals surface area contributed by atoms with E-state index in [1.54, 1.807) is 24.4 Å². The number of nitrogens with one attached hydrogen (secondary N) is 1. The quantitative estimate of drug-likeness (QED) is 0.846. The highest BCUT2D eigenvalue weighted by Gasteiger charge is 2.16. The lowest BCUT2D eigenvalue weighted by atomic mass is 10.1. The molecule has 0 radical (unpaired) electrons. The number of carbonyl (C=O) groups excluding carboxylic acids is 1. The second-order valence-corrected chi connectivity index (χ2v) is 6.38. The summed E-state index contributed by atoms with van der Waals surface area (Å²) in [4.78, 5) is 32.1. The van der Waals surface area contributed by atoms with Gasteiger partial charge in [-0.2, -0.15) is 0 Å². The van der Waals surface area contributed by atoms with Crippen LogP contribution >= 0.6 is 0 Å². The van der Waals surface area contributed by atoms with Crippen LogP contribution in [0.4, 0.5) is 5.82 Å². The van der Waals surface area contributed by atoms with Crippen molar-refractivity contribution in [1.82, 2.24) is 15.2 Å². The molecule has 3 rings (SSSR count). The van der Waals surface area contributed by atoms with Crippen molar-refractivity contribution in [3.8, 4) is 0 Å². The standard InChI is InChI=1S/C19H22N4O3/c1-22-8-10-23(11-9-22)17-12-16(6-7-20-17)18(24)21-13-14-2-4-15(5-3-14)19(25)26/h2-7,12H,8-11,13H2,1H3,(H,21,24)(H,25,26). The van der Waals surface area contributed by atoms with E-state index in [0.29, 0.717) is 12.1 Å². The van der Waals surface area contributed by atoms with Crippen molar-refractivity contribution in [2.75, 3.05) is 38.1 Å². The number of hydrogen-bond acceptors (Lipinski definition) is 5. The molecule has 1 aliphatic heterocycles. The zero-order valence-corrected chi connectivity index (χ0v) is 14.7. The molecule has 0 atom stereocenters. The second kappa shape index (κ2) is 7.97. The van der Waals surface area contributed by atoms with Crippen LogP contribution in [0.3, 0.4) is 0 Å². The van der Waals surface area contributed by atoms with Crippen LogP contribution in [0.1, 0.15) is 26.3 Å². The number of hydrogen-bond donors (Lipinski definition) is 2. The van der Waals surface area contributed by atoms with Gasteiger partial charge in [-0.15, -0.1) is 0 Å². The summed E-state index contributed by atoms with van der Waals surface area (Å²) >= 11 is 0. The van der Waals surface area contributed by atoms with Crippen molar-refractivity contribution >= 4 is 17.7 Å². The summed E-state index contributed by atoms with van der Waals surface area (Å²) < 4.78 is 0. The number of benzene rings is 1. The van der Waals surface area contributed by atoms with Crippen molar-refractivity contribution < 1.29 is 14.7 Å². The fraction of sp³-hybridized carbons (Fsp3) is 0.316. The van der Waals surface area contributed by atoms with Gasteiger partial charge >= 0.3 is 5.97 Å². The van der Waals surface area contributed by atoms with E-state index in [0.717, 1.165) is 37.6 Å². The van der Waals surface area contributed by atoms with Gasteiger partial charge in [0.05, 0.1) is 5.56 Å². The maximum Gasteiger partial charge on any atom is 0.335 e. The Morgan fingerprint density at radius 2 is 1.77 bits per heavy atom. The van der Waals surface area contributed by atoms with E-state index in [1.165, 1.54) is 12.1 Å². The van der Waals surface area contributed by atoms with Crippen LogP contribution in [-0.4, -0.2) is 60.1 Å². The normalized spacial score (nSPS) is 14.9. The molecule has 1 saturated heterocycles. The van der Waals surface area contributed by atoms with E-state index >= 15 is 0 Å². The van der Waals surface area contributed by atoms with Gasteiger partial charge in [0, 0.05) is 44.5 Å². The molecule has 136 valence electrons. The van der Waals surface area contributed by atoms with Gasteiger partial charge in [-0.1, -0.05) is 12.1 Å². The van der Waals surface area contributed by atoms with E-state index < -0.39 is 5.97 Å². The summed E-state index contributed by atoms with van der Waals surface area (Å²) in [6, 6.07) is 9.97. The Morgan fingerprint density at radius 1 is 1.08 bits per heavy atom. The molecular formula is C19H22N4O3. The van der Waals surface area contributed by atoms with Gasteiger partial charge in [-0.25, -0.2) is 9.78 Å². The average molecular weight is 354 g/mol. The third-order valence-corrected chi connectivity index (χ3v) is 4.49. The van der Waals surface area contributed by atoms with Crippen LogP contribution in [0.25, 0.3) is 0 Å². The van der Waals surface area contributed by atoms with Crippen molar-refractivity contribution in [2.45, 2.75) is 6.54 Å². The minimum atomic E-state index is -0.964. The minimum absolute atomic E-state index is 0.176. The second-order valence-electron chi connectivity index (χ2n) is 6.38. The molecule has 7 nitrogen and oxygen atoms in total. The summed E-state index contributed by atoms with van der Waals surface area (Å²) in [5.41, 5.74) is 1.64. The molecule has 2 N–H and O–H groups in total. The lowest BCUT2D eigenvalue weighted by Gasteiger charge is -2.33. The minimum Gasteiger partial charge on any atom is -0.478 e. The molecular weight excluding hydrogens is 332 g/mol. The zero-order valence-electron chi connectivity index (χ0n) is 14.7. The molecule has 1 aromatic heterocycles. The molecule has 0 unspecified atom stereocenters. The molecule has 1 fully saturated rings. The predicted molar refractivity (Wildman–Crippen MR) is 98.5 cm³/mol. The Hall–Kier alpha value is -2.93. The molecule has 1 aliphatic rings.